The van der Waals surface area contributed by atoms with Gasteiger partial charge in [-0.15, -0.1) is 12.4 Å². The second-order valence-electron chi connectivity index (χ2n) is 7.13. The van der Waals surface area contributed by atoms with Gasteiger partial charge in [-0.3, -0.25) is 4.79 Å². The summed E-state index contributed by atoms with van der Waals surface area (Å²) in [5.41, 5.74) is 8.77. The number of hydrogen-bond acceptors (Lipinski definition) is 4. The summed E-state index contributed by atoms with van der Waals surface area (Å²) in [7, 11) is 0. The van der Waals surface area contributed by atoms with Crippen LogP contribution in [0.15, 0.2) is 36.4 Å². The first-order valence-electron chi connectivity index (χ1n) is 9.43. The first-order valence-corrected chi connectivity index (χ1v) is 10.2. The third-order valence-electron chi connectivity index (χ3n) is 4.93. The van der Waals surface area contributed by atoms with Gasteiger partial charge in [0.25, 0.3) is 0 Å². The lowest BCUT2D eigenvalue weighted by Gasteiger charge is -2.32. The third kappa shape index (κ3) is 6.01. The summed E-state index contributed by atoms with van der Waals surface area (Å²) in [4.78, 5) is 24.2. The van der Waals surface area contributed by atoms with E-state index in [-0.39, 0.29) is 31.2 Å². The molecule has 0 radical (unpaired) electrons. The van der Waals surface area contributed by atoms with Crippen LogP contribution in [0.5, 0.6) is 0 Å². The molecule has 9 heteroatoms. The molecule has 0 aliphatic carbocycles. The average Bonchev–Trinajstić information content (AvgIpc) is 2.66. The van der Waals surface area contributed by atoms with Crippen LogP contribution in [0.25, 0.3) is 0 Å². The number of amides is 1. The molecule has 0 fully saturated rings. The Balaban J connectivity index is 0.00000320. The number of aliphatic carboxylic acids is 1. The van der Waals surface area contributed by atoms with E-state index in [0.29, 0.717) is 27.8 Å². The number of nitrogens with two attached hydrogens (primary N) is 1. The van der Waals surface area contributed by atoms with E-state index in [9.17, 15) is 14.7 Å². The Morgan fingerprint density at radius 1 is 1.17 bits per heavy atom. The number of carbonyl (C=O) groups excluding carboxylic acids is 1. The molecule has 0 spiro atoms. The zero-order valence-corrected chi connectivity index (χ0v) is 18.5. The monoisotopic (exact) mass is 471 g/mol. The van der Waals surface area contributed by atoms with E-state index in [1.54, 1.807) is 12.1 Å². The molecule has 0 aromatic heterocycles. The van der Waals surface area contributed by atoms with Crippen LogP contribution in [0.2, 0.25) is 10.0 Å². The van der Waals surface area contributed by atoms with Crippen molar-refractivity contribution < 1.29 is 14.7 Å². The van der Waals surface area contributed by atoms with Crippen LogP contribution in [0.4, 0.5) is 5.69 Å². The molecule has 2 aromatic carbocycles. The van der Waals surface area contributed by atoms with Gasteiger partial charge >= 0.3 is 5.97 Å². The van der Waals surface area contributed by atoms with E-state index in [4.69, 9.17) is 28.9 Å². The van der Waals surface area contributed by atoms with Crippen molar-refractivity contribution in [2.24, 2.45) is 5.73 Å². The van der Waals surface area contributed by atoms with Gasteiger partial charge in [0.05, 0.1) is 12.5 Å². The maximum absolute atomic E-state index is 12.6. The number of aryl methyl sites for hydroxylation is 1. The quantitative estimate of drug-likeness (QED) is 0.488. The van der Waals surface area contributed by atoms with Crippen LogP contribution in [-0.4, -0.2) is 29.6 Å². The predicted molar refractivity (Wildman–Crippen MR) is 122 cm³/mol. The molecule has 6 nitrogen and oxygen atoms in total. The minimum Gasteiger partial charge on any atom is -0.480 e. The fourth-order valence-electron chi connectivity index (χ4n) is 3.51. The van der Waals surface area contributed by atoms with E-state index in [1.165, 1.54) is 5.56 Å². The van der Waals surface area contributed by atoms with Gasteiger partial charge < -0.3 is 21.5 Å². The van der Waals surface area contributed by atoms with Gasteiger partial charge in [0.1, 0.15) is 6.04 Å². The van der Waals surface area contributed by atoms with Crippen LogP contribution >= 0.6 is 35.6 Å². The number of carboxylic acid groups (broad SMARTS) is 1. The highest BCUT2D eigenvalue weighted by Gasteiger charge is 2.33. The minimum absolute atomic E-state index is 0. The van der Waals surface area contributed by atoms with E-state index in [0.717, 1.165) is 18.4 Å². The molecule has 0 saturated carbocycles. The van der Waals surface area contributed by atoms with Crippen LogP contribution < -0.4 is 16.4 Å². The van der Waals surface area contributed by atoms with Gasteiger partial charge in [0.15, 0.2) is 0 Å². The Labute approximate surface area is 191 Å². The van der Waals surface area contributed by atoms with Crippen LogP contribution in [-0.2, 0) is 22.4 Å². The molecule has 0 bridgehead atoms. The zero-order chi connectivity index (χ0) is 21.0. The zero-order valence-electron chi connectivity index (χ0n) is 16.2. The summed E-state index contributed by atoms with van der Waals surface area (Å²) in [6.45, 7) is 0.646. The fraction of sp³-hybridized carbons (Fsp3) is 0.333. The molecule has 0 unspecified atom stereocenters. The Kier molecular flexibility index (Phi) is 8.79. The molecular formula is C21H24Cl3N3O3. The van der Waals surface area contributed by atoms with Crippen LogP contribution in [0.1, 0.15) is 35.6 Å². The number of rotatable bonds is 7. The molecule has 0 saturated heterocycles. The highest BCUT2D eigenvalue weighted by atomic mass is 35.5. The Morgan fingerprint density at radius 2 is 1.83 bits per heavy atom. The van der Waals surface area contributed by atoms with Crippen molar-refractivity contribution >= 4 is 53.2 Å². The summed E-state index contributed by atoms with van der Waals surface area (Å²) >= 11 is 12.4. The third-order valence-corrected chi connectivity index (χ3v) is 5.47. The molecule has 30 heavy (non-hydrogen) atoms. The standard InChI is InChI=1S/C21H23Cl2N3O3.ClH/c22-14-9-15(23)20-16(10-14)25-18(21(28)29)11-17(20)26-19(27)8-13-5-3-12(4-6-13)2-1-7-24;/h3-6,9-10,17-18,25H,1-2,7-8,11,24H2,(H,26,27)(H,28,29);1H/t17-,18+;/m0./s1. The maximum Gasteiger partial charge on any atom is 0.326 e. The number of halogens is 3. The maximum atomic E-state index is 12.6. The fourth-order valence-corrected chi connectivity index (χ4v) is 4.14. The van der Waals surface area contributed by atoms with Gasteiger partial charge in [-0.25, -0.2) is 4.79 Å². The molecule has 1 heterocycles. The Hall–Kier alpha value is -1.99. The Bertz CT molecular complexity index is 906. The number of hydrogen-bond donors (Lipinski definition) is 4. The topological polar surface area (TPSA) is 104 Å². The Morgan fingerprint density at radius 3 is 2.47 bits per heavy atom. The second-order valence-corrected chi connectivity index (χ2v) is 7.97. The SMILES string of the molecule is Cl.NCCCc1ccc(CC(=O)N[C@H]2C[C@H](C(=O)O)Nc3cc(Cl)cc(Cl)c32)cc1. The highest BCUT2D eigenvalue weighted by Crippen LogP contribution is 2.39. The predicted octanol–water partition coefficient (Wildman–Crippen LogP) is 3.98. The molecule has 5 N–H and O–H groups in total. The van der Waals surface area contributed by atoms with Crippen LogP contribution in [0.3, 0.4) is 0 Å². The molecule has 1 aliphatic rings. The first-order chi connectivity index (χ1) is 13.9. The molecule has 2 atom stereocenters. The molecular weight excluding hydrogens is 449 g/mol. The molecule has 3 rings (SSSR count). The van der Waals surface area contributed by atoms with Gasteiger partial charge in [0, 0.05) is 27.7 Å². The van der Waals surface area contributed by atoms with E-state index in [2.05, 4.69) is 10.6 Å². The van der Waals surface area contributed by atoms with Crippen molar-refractivity contribution in [1.29, 1.82) is 0 Å². The summed E-state index contributed by atoms with van der Waals surface area (Å²) in [6.07, 6.45) is 2.21. The van der Waals surface area contributed by atoms with Gasteiger partial charge in [-0.2, -0.15) is 0 Å². The van der Waals surface area contributed by atoms with Crippen molar-refractivity contribution in [3.05, 3.63) is 63.1 Å². The first kappa shape index (κ1) is 24.3. The summed E-state index contributed by atoms with van der Waals surface area (Å²) < 4.78 is 0. The number of anilines is 1. The second kappa shape index (κ2) is 10.9. The number of carbonyl (C=O) groups is 2. The van der Waals surface area contributed by atoms with E-state index < -0.39 is 18.1 Å². The van der Waals surface area contributed by atoms with Crippen molar-refractivity contribution in [2.45, 2.75) is 37.8 Å². The molecule has 1 aliphatic heterocycles. The van der Waals surface area contributed by atoms with Crippen molar-refractivity contribution in [3.63, 3.8) is 0 Å². The number of benzene rings is 2. The summed E-state index contributed by atoms with van der Waals surface area (Å²) in [5.74, 6) is -1.20. The van der Waals surface area contributed by atoms with E-state index >= 15 is 0 Å². The molecule has 1 amide bonds. The van der Waals surface area contributed by atoms with Crippen molar-refractivity contribution in [3.8, 4) is 0 Å². The number of fused-ring (bicyclic) bond motifs is 1. The normalized spacial score (nSPS) is 17.3. The van der Waals surface area contributed by atoms with Gasteiger partial charge in [-0.1, -0.05) is 47.5 Å². The summed E-state index contributed by atoms with van der Waals surface area (Å²) in [5, 5.41) is 16.1. The lowest BCUT2D eigenvalue weighted by Crippen LogP contribution is -2.41. The van der Waals surface area contributed by atoms with Crippen LogP contribution in [0, 0.1) is 0 Å². The lowest BCUT2D eigenvalue weighted by atomic mass is 9.92. The van der Waals surface area contributed by atoms with Crippen molar-refractivity contribution in [2.75, 3.05) is 11.9 Å². The molecule has 162 valence electrons. The highest BCUT2D eigenvalue weighted by molar-refractivity contribution is 6.35. The van der Waals surface area contributed by atoms with Crippen molar-refractivity contribution in [1.82, 2.24) is 5.32 Å². The lowest BCUT2D eigenvalue weighted by molar-refractivity contribution is -0.138. The smallest absolute Gasteiger partial charge is 0.326 e. The van der Waals surface area contributed by atoms with E-state index in [1.807, 2.05) is 24.3 Å². The number of carboxylic acids is 1. The largest absolute Gasteiger partial charge is 0.480 e. The summed E-state index contributed by atoms with van der Waals surface area (Å²) in [6, 6.07) is 9.69. The number of nitrogens with one attached hydrogen (secondary N) is 2. The minimum atomic E-state index is -1.00. The molecule has 2 aromatic rings. The average molecular weight is 473 g/mol. The van der Waals surface area contributed by atoms with Gasteiger partial charge in [0.2, 0.25) is 5.91 Å². The van der Waals surface area contributed by atoms with Gasteiger partial charge in [-0.05, 0) is 42.6 Å².